The Bertz CT molecular complexity index is 587. The molecule has 2 amide bonds. The molecule has 1 atom stereocenters. The van der Waals surface area contributed by atoms with Gasteiger partial charge in [0.2, 0.25) is 5.91 Å². The Labute approximate surface area is 148 Å². The Hall–Kier alpha value is -1.89. The molecule has 7 heteroatoms. The lowest BCUT2D eigenvalue weighted by Gasteiger charge is -2.32. The molecule has 7 nitrogen and oxygen atoms in total. The van der Waals surface area contributed by atoms with Gasteiger partial charge < -0.3 is 19.5 Å². The number of hydrogen-bond donors (Lipinski definition) is 1. The summed E-state index contributed by atoms with van der Waals surface area (Å²) >= 11 is 0. The quantitative estimate of drug-likeness (QED) is 0.831. The molecule has 2 fully saturated rings. The zero-order valence-corrected chi connectivity index (χ0v) is 14.9. The van der Waals surface area contributed by atoms with Gasteiger partial charge in [-0.3, -0.25) is 9.59 Å². The van der Waals surface area contributed by atoms with Gasteiger partial charge in [0.15, 0.2) is 0 Å². The van der Waals surface area contributed by atoms with Gasteiger partial charge in [0, 0.05) is 57.5 Å². The highest BCUT2D eigenvalue weighted by molar-refractivity contribution is 5.82. The number of carbonyl (C=O) groups is 2. The minimum atomic E-state index is -0.256. The second-order valence-electron chi connectivity index (χ2n) is 6.78. The third kappa shape index (κ3) is 4.39. The van der Waals surface area contributed by atoms with Gasteiger partial charge in [-0.1, -0.05) is 6.92 Å². The fourth-order valence-electron chi connectivity index (χ4n) is 3.64. The number of aromatic nitrogens is 2. The number of ether oxygens (including phenoxy) is 1. The predicted octanol–water partition coefficient (Wildman–Crippen LogP) is 0.979. The number of hydrogen-bond acceptors (Lipinski definition) is 4. The fourth-order valence-corrected chi connectivity index (χ4v) is 3.64. The number of nitrogens with zero attached hydrogens (tertiary/aromatic N) is 3. The van der Waals surface area contributed by atoms with E-state index < -0.39 is 0 Å². The van der Waals surface area contributed by atoms with Gasteiger partial charge in [-0.25, -0.2) is 4.98 Å². The van der Waals surface area contributed by atoms with Gasteiger partial charge >= 0.3 is 0 Å². The topological polar surface area (TPSA) is 76.5 Å². The maximum atomic E-state index is 12.3. The molecule has 1 aromatic heterocycles. The van der Waals surface area contributed by atoms with Crippen LogP contribution in [-0.4, -0.2) is 58.6 Å². The Morgan fingerprint density at radius 1 is 1.32 bits per heavy atom. The van der Waals surface area contributed by atoms with Crippen LogP contribution in [-0.2, 0) is 27.3 Å². The van der Waals surface area contributed by atoms with E-state index >= 15 is 0 Å². The number of aryl methyl sites for hydroxylation is 1. The second-order valence-corrected chi connectivity index (χ2v) is 6.78. The third-order valence-electron chi connectivity index (χ3n) is 5.15. The molecule has 0 aromatic carbocycles. The van der Waals surface area contributed by atoms with Gasteiger partial charge in [0.25, 0.3) is 5.91 Å². The molecule has 0 unspecified atom stereocenters. The highest BCUT2D eigenvalue weighted by Gasteiger charge is 2.32. The van der Waals surface area contributed by atoms with E-state index in [2.05, 4.69) is 21.8 Å². The Balaban J connectivity index is 1.38. The summed E-state index contributed by atoms with van der Waals surface area (Å²) in [6.45, 7) is 5.41. The number of rotatable bonds is 6. The maximum absolute atomic E-state index is 12.3. The van der Waals surface area contributed by atoms with Crippen molar-refractivity contribution in [3.8, 4) is 0 Å². The van der Waals surface area contributed by atoms with Crippen molar-refractivity contribution in [2.24, 2.45) is 5.92 Å². The van der Waals surface area contributed by atoms with Crippen LogP contribution in [0.4, 0.5) is 0 Å². The van der Waals surface area contributed by atoms with Gasteiger partial charge in [0.1, 0.15) is 11.9 Å². The van der Waals surface area contributed by atoms with Crippen LogP contribution in [0.25, 0.3) is 0 Å². The molecule has 2 aliphatic heterocycles. The van der Waals surface area contributed by atoms with E-state index in [1.165, 1.54) is 0 Å². The number of amides is 2. The molecule has 1 N–H and O–H groups in total. The van der Waals surface area contributed by atoms with E-state index in [0.29, 0.717) is 26.2 Å². The van der Waals surface area contributed by atoms with Crippen LogP contribution >= 0.6 is 0 Å². The molecule has 2 saturated heterocycles. The third-order valence-corrected chi connectivity index (χ3v) is 5.15. The molecule has 0 spiro atoms. The van der Waals surface area contributed by atoms with Crippen molar-refractivity contribution in [1.82, 2.24) is 19.8 Å². The van der Waals surface area contributed by atoms with Crippen LogP contribution in [0.3, 0.4) is 0 Å². The summed E-state index contributed by atoms with van der Waals surface area (Å²) in [6.07, 6.45) is 7.62. The average molecular weight is 348 g/mol. The zero-order chi connectivity index (χ0) is 17.6. The molecule has 0 saturated carbocycles. The van der Waals surface area contributed by atoms with Crippen molar-refractivity contribution in [2.45, 2.75) is 51.7 Å². The smallest absolute Gasteiger partial charge is 0.251 e. The van der Waals surface area contributed by atoms with E-state index in [9.17, 15) is 9.59 Å². The summed E-state index contributed by atoms with van der Waals surface area (Å²) in [6, 6.07) is 0. The molecule has 3 rings (SSSR count). The van der Waals surface area contributed by atoms with E-state index in [-0.39, 0.29) is 23.8 Å². The molecule has 138 valence electrons. The number of nitrogens with one attached hydrogen (secondary N) is 1. The van der Waals surface area contributed by atoms with Crippen molar-refractivity contribution in [1.29, 1.82) is 0 Å². The highest BCUT2D eigenvalue weighted by Crippen LogP contribution is 2.21. The van der Waals surface area contributed by atoms with Gasteiger partial charge in [-0.15, -0.1) is 0 Å². The lowest BCUT2D eigenvalue weighted by atomic mass is 9.95. The van der Waals surface area contributed by atoms with E-state index in [1.807, 2.05) is 11.1 Å². The monoisotopic (exact) mass is 348 g/mol. The normalized spacial score (nSPS) is 21.5. The van der Waals surface area contributed by atoms with E-state index in [4.69, 9.17) is 4.74 Å². The summed E-state index contributed by atoms with van der Waals surface area (Å²) in [5.74, 6) is 1.24. The fraction of sp³-hybridized carbons (Fsp3) is 0.722. The number of imidazole rings is 1. The van der Waals surface area contributed by atoms with Crippen LogP contribution < -0.4 is 5.32 Å². The number of likely N-dealkylation sites (tertiary alicyclic amines) is 1. The summed E-state index contributed by atoms with van der Waals surface area (Å²) in [4.78, 5) is 30.8. The SMILES string of the molecule is CCc1nccn1CCNC(=O)C1CCN(C(=O)[C@@H]2CCCO2)CC1. The van der Waals surface area contributed by atoms with E-state index in [1.54, 1.807) is 6.20 Å². The van der Waals surface area contributed by atoms with Crippen LogP contribution in [0, 0.1) is 5.92 Å². The first-order valence-electron chi connectivity index (χ1n) is 9.37. The molecule has 25 heavy (non-hydrogen) atoms. The van der Waals surface area contributed by atoms with Gasteiger partial charge in [0.05, 0.1) is 0 Å². The lowest BCUT2D eigenvalue weighted by molar-refractivity contribution is -0.143. The average Bonchev–Trinajstić information content (AvgIpc) is 3.32. The lowest BCUT2D eigenvalue weighted by Crippen LogP contribution is -2.46. The van der Waals surface area contributed by atoms with Crippen LogP contribution in [0.5, 0.6) is 0 Å². The molecule has 3 heterocycles. The van der Waals surface area contributed by atoms with Crippen LogP contribution in [0.15, 0.2) is 12.4 Å². The Morgan fingerprint density at radius 2 is 2.12 bits per heavy atom. The van der Waals surface area contributed by atoms with Crippen molar-refractivity contribution in [3.05, 3.63) is 18.2 Å². The number of piperidine rings is 1. The Kier molecular flexibility index (Phi) is 6.07. The van der Waals surface area contributed by atoms with Crippen molar-refractivity contribution < 1.29 is 14.3 Å². The first-order valence-corrected chi connectivity index (χ1v) is 9.37. The summed E-state index contributed by atoms with van der Waals surface area (Å²) < 4.78 is 7.54. The molecular formula is C18H28N4O3. The van der Waals surface area contributed by atoms with Gasteiger partial charge in [-0.2, -0.15) is 0 Å². The summed E-state index contributed by atoms with van der Waals surface area (Å²) in [7, 11) is 0. The molecule has 0 aliphatic carbocycles. The largest absolute Gasteiger partial charge is 0.368 e. The molecule has 0 radical (unpaired) electrons. The van der Waals surface area contributed by atoms with Crippen LogP contribution in [0.1, 0.15) is 38.4 Å². The van der Waals surface area contributed by atoms with Crippen molar-refractivity contribution in [3.63, 3.8) is 0 Å². The predicted molar refractivity (Wildman–Crippen MR) is 92.9 cm³/mol. The maximum Gasteiger partial charge on any atom is 0.251 e. The first kappa shape index (κ1) is 17.9. The highest BCUT2D eigenvalue weighted by atomic mass is 16.5. The first-order chi connectivity index (χ1) is 12.2. The van der Waals surface area contributed by atoms with Crippen molar-refractivity contribution >= 4 is 11.8 Å². The molecular weight excluding hydrogens is 320 g/mol. The number of carbonyl (C=O) groups excluding carboxylic acids is 2. The Morgan fingerprint density at radius 3 is 2.80 bits per heavy atom. The zero-order valence-electron chi connectivity index (χ0n) is 14.9. The van der Waals surface area contributed by atoms with Crippen molar-refractivity contribution in [2.75, 3.05) is 26.2 Å². The standard InChI is InChI=1S/C18H28N4O3/c1-2-16-19-7-11-21(16)12-8-20-17(23)14-5-9-22(10-6-14)18(24)15-4-3-13-25-15/h7,11,14-15H,2-6,8-10,12-13H2,1H3,(H,20,23)/t15-/m0/s1. The van der Waals surface area contributed by atoms with Crippen LogP contribution in [0.2, 0.25) is 0 Å². The molecule has 0 bridgehead atoms. The molecule has 2 aliphatic rings. The molecule has 1 aromatic rings. The minimum absolute atomic E-state index is 0.00183. The van der Waals surface area contributed by atoms with E-state index in [0.717, 1.165) is 44.5 Å². The minimum Gasteiger partial charge on any atom is -0.368 e. The summed E-state index contributed by atoms with van der Waals surface area (Å²) in [5, 5.41) is 3.03. The summed E-state index contributed by atoms with van der Waals surface area (Å²) in [5.41, 5.74) is 0. The second kappa shape index (κ2) is 8.47. The van der Waals surface area contributed by atoms with Gasteiger partial charge in [-0.05, 0) is 25.7 Å².